The topological polar surface area (TPSA) is 63.2 Å². The highest BCUT2D eigenvalue weighted by Crippen LogP contribution is 2.37. The van der Waals surface area contributed by atoms with Crippen LogP contribution in [0.3, 0.4) is 0 Å². The molecule has 0 bridgehead atoms. The molecule has 0 radical (unpaired) electrons. The molecule has 4 rings (SSSR count). The molecule has 26 heavy (non-hydrogen) atoms. The van der Waals surface area contributed by atoms with E-state index in [2.05, 4.69) is 37.3 Å². The Labute approximate surface area is 155 Å². The maximum absolute atomic E-state index is 6.57. The molecule has 4 heterocycles. The van der Waals surface area contributed by atoms with Gasteiger partial charge < -0.3 is 10.1 Å². The van der Waals surface area contributed by atoms with E-state index in [-0.39, 0.29) is 11.7 Å². The van der Waals surface area contributed by atoms with E-state index in [1.165, 1.54) is 6.42 Å². The van der Waals surface area contributed by atoms with Crippen LogP contribution in [-0.4, -0.2) is 51.2 Å². The monoisotopic (exact) mass is 353 g/mol. The summed E-state index contributed by atoms with van der Waals surface area (Å²) >= 11 is 0. The zero-order valence-electron chi connectivity index (χ0n) is 15.4. The van der Waals surface area contributed by atoms with Gasteiger partial charge in [-0.2, -0.15) is 0 Å². The molecule has 1 spiro atoms. The summed E-state index contributed by atoms with van der Waals surface area (Å²) in [6.07, 6.45) is 8.32. The molecule has 2 aromatic heterocycles. The van der Waals surface area contributed by atoms with Crippen molar-refractivity contribution in [3.8, 4) is 0 Å². The van der Waals surface area contributed by atoms with E-state index in [1.807, 2.05) is 19.1 Å². The molecule has 2 fully saturated rings. The molecule has 2 atom stereocenters. The first-order valence-corrected chi connectivity index (χ1v) is 9.54. The van der Waals surface area contributed by atoms with Crippen LogP contribution in [0.5, 0.6) is 0 Å². The smallest absolute Gasteiger partial charge is 0.222 e. The Morgan fingerprint density at radius 1 is 1.23 bits per heavy atom. The third-order valence-corrected chi connectivity index (χ3v) is 5.36. The summed E-state index contributed by atoms with van der Waals surface area (Å²) in [7, 11) is 0. The first-order chi connectivity index (χ1) is 12.7. The normalized spacial score (nSPS) is 26.3. The summed E-state index contributed by atoms with van der Waals surface area (Å²) < 4.78 is 6.57. The number of rotatable bonds is 5. The van der Waals surface area contributed by atoms with Crippen LogP contribution in [0.4, 0.5) is 5.95 Å². The molecule has 2 aromatic rings. The Bertz CT molecular complexity index is 725. The summed E-state index contributed by atoms with van der Waals surface area (Å²) in [4.78, 5) is 15.6. The number of anilines is 1. The van der Waals surface area contributed by atoms with Crippen molar-refractivity contribution in [2.75, 3.05) is 25.0 Å². The molecular weight excluding hydrogens is 326 g/mol. The third-order valence-electron chi connectivity index (χ3n) is 5.36. The number of hydrogen-bond acceptors (Lipinski definition) is 6. The third kappa shape index (κ3) is 4.19. The largest absolute Gasteiger partial charge is 0.369 e. The fourth-order valence-electron chi connectivity index (χ4n) is 4.14. The van der Waals surface area contributed by atoms with E-state index in [9.17, 15) is 0 Å². The average molecular weight is 353 g/mol. The number of aryl methyl sites for hydroxylation is 1. The lowest BCUT2D eigenvalue weighted by Gasteiger charge is -2.39. The van der Waals surface area contributed by atoms with Gasteiger partial charge in [-0.05, 0) is 50.8 Å². The second-order valence-corrected chi connectivity index (χ2v) is 7.50. The Morgan fingerprint density at radius 3 is 2.96 bits per heavy atom. The molecule has 0 aliphatic carbocycles. The maximum Gasteiger partial charge on any atom is 0.222 e. The summed E-state index contributed by atoms with van der Waals surface area (Å²) in [6, 6.07) is 8.08. The molecule has 138 valence electrons. The number of aromatic nitrogens is 3. The van der Waals surface area contributed by atoms with E-state index in [0.29, 0.717) is 5.95 Å². The van der Waals surface area contributed by atoms with Crippen LogP contribution in [0.15, 0.2) is 36.7 Å². The van der Waals surface area contributed by atoms with Crippen molar-refractivity contribution in [3.05, 3.63) is 48.0 Å². The minimum Gasteiger partial charge on any atom is -0.369 e. The molecule has 0 amide bonds. The van der Waals surface area contributed by atoms with Gasteiger partial charge in [0.2, 0.25) is 5.95 Å². The van der Waals surface area contributed by atoms with Gasteiger partial charge in [0, 0.05) is 44.3 Å². The van der Waals surface area contributed by atoms with E-state index >= 15 is 0 Å². The second-order valence-electron chi connectivity index (χ2n) is 7.50. The highest BCUT2D eigenvalue weighted by atomic mass is 16.5. The van der Waals surface area contributed by atoms with E-state index in [0.717, 1.165) is 56.8 Å². The average Bonchev–Trinajstić information content (AvgIpc) is 3.02. The van der Waals surface area contributed by atoms with Gasteiger partial charge in [-0.3, -0.25) is 9.88 Å². The summed E-state index contributed by atoms with van der Waals surface area (Å²) in [6.45, 7) is 5.81. The van der Waals surface area contributed by atoms with Gasteiger partial charge in [0.25, 0.3) is 0 Å². The molecule has 6 heteroatoms. The summed E-state index contributed by atoms with van der Waals surface area (Å²) in [5.41, 5.74) is 2.24. The second kappa shape index (κ2) is 7.68. The van der Waals surface area contributed by atoms with Crippen molar-refractivity contribution in [1.82, 2.24) is 19.9 Å². The van der Waals surface area contributed by atoms with Crippen molar-refractivity contribution >= 4 is 5.95 Å². The van der Waals surface area contributed by atoms with Crippen LogP contribution >= 0.6 is 0 Å². The van der Waals surface area contributed by atoms with Gasteiger partial charge in [0.1, 0.15) is 0 Å². The molecule has 2 saturated heterocycles. The van der Waals surface area contributed by atoms with Crippen LogP contribution in [0.1, 0.15) is 37.1 Å². The number of nitrogens with zero attached hydrogens (tertiary/aromatic N) is 4. The van der Waals surface area contributed by atoms with Gasteiger partial charge in [-0.25, -0.2) is 9.97 Å². The van der Waals surface area contributed by atoms with Gasteiger partial charge in [0.05, 0.1) is 17.4 Å². The molecule has 0 aromatic carbocycles. The van der Waals surface area contributed by atoms with Crippen molar-refractivity contribution < 1.29 is 4.74 Å². The minimum absolute atomic E-state index is 0.00592. The predicted octanol–water partition coefficient (Wildman–Crippen LogP) is 2.81. The van der Waals surface area contributed by atoms with Crippen molar-refractivity contribution in [3.63, 3.8) is 0 Å². The first-order valence-electron chi connectivity index (χ1n) is 9.54. The maximum atomic E-state index is 6.57. The van der Waals surface area contributed by atoms with Gasteiger partial charge >= 0.3 is 0 Å². The summed E-state index contributed by atoms with van der Waals surface area (Å²) in [5.74, 6) is 0.675. The van der Waals surface area contributed by atoms with Crippen molar-refractivity contribution in [2.45, 2.75) is 50.9 Å². The van der Waals surface area contributed by atoms with Crippen LogP contribution < -0.4 is 5.32 Å². The SMILES string of the molecule is Cc1cccc(CN2CC[C@]3(CCC[C@H](CNc4ncccn4)O3)C2)n1. The molecule has 1 N–H and O–H groups in total. The Hall–Kier alpha value is -2.05. The molecule has 6 nitrogen and oxygen atoms in total. The number of hydrogen-bond donors (Lipinski definition) is 1. The van der Waals surface area contributed by atoms with Crippen molar-refractivity contribution in [1.29, 1.82) is 0 Å². The standard InChI is InChI=1S/C20H27N5O/c1-16-5-2-6-17(24-16)14-25-12-9-20(15-25)8-3-7-18(26-20)13-23-19-21-10-4-11-22-19/h2,4-6,10-11,18H,3,7-9,12-15H2,1H3,(H,21,22,23)/t18-,20-/m1/s1. The molecule has 0 saturated carbocycles. The van der Waals surface area contributed by atoms with E-state index < -0.39 is 0 Å². The van der Waals surface area contributed by atoms with E-state index in [1.54, 1.807) is 12.4 Å². The fraction of sp³-hybridized carbons (Fsp3) is 0.550. The lowest BCUT2D eigenvalue weighted by molar-refractivity contribution is -0.115. The van der Waals surface area contributed by atoms with Crippen LogP contribution in [0, 0.1) is 6.92 Å². The van der Waals surface area contributed by atoms with Crippen LogP contribution in [0.25, 0.3) is 0 Å². The van der Waals surface area contributed by atoms with E-state index in [4.69, 9.17) is 4.74 Å². The number of ether oxygens (including phenoxy) is 1. The molecular formula is C20H27N5O. The van der Waals surface area contributed by atoms with Gasteiger partial charge in [-0.15, -0.1) is 0 Å². The van der Waals surface area contributed by atoms with Crippen molar-refractivity contribution in [2.24, 2.45) is 0 Å². The number of nitrogens with one attached hydrogen (secondary N) is 1. The summed E-state index contributed by atoms with van der Waals surface area (Å²) in [5, 5.41) is 3.31. The fourth-order valence-corrected chi connectivity index (χ4v) is 4.14. The van der Waals surface area contributed by atoms with Gasteiger partial charge in [0.15, 0.2) is 0 Å². The zero-order valence-corrected chi connectivity index (χ0v) is 15.4. The molecule has 2 aliphatic heterocycles. The predicted molar refractivity (Wildman–Crippen MR) is 101 cm³/mol. The highest BCUT2D eigenvalue weighted by molar-refractivity contribution is 5.22. The zero-order chi connectivity index (χ0) is 17.8. The lowest BCUT2D eigenvalue weighted by atomic mass is 9.90. The Kier molecular flexibility index (Phi) is 5.13. The Balaban J connectivity index is 1.32. The number of likely N-dealkylation sites (tertiary alicyclic amines) is 1. The molecule has 2 aliphatic rings. The first kappa shape index (κ1) is 17.4. The Morgan fingerprint density at radius 2 is 2.12 bits per heavy atom. The van der Waals surface area contributed by atoms with Gasteiger partial charge in [-0.1, -0.05) is 6.07 Å². The quantitative estimate of drug-likeness (QED) is 0.892. The minimum atomic E-state index is 0.00592. The highest BCUT2D eigenvalue weighted by Gasteiger charge is 2.42. The molecule has 0 unspecified atom stereocenters. The number of pyridine rings is 1. The van der Waals surface area contributed by atoms with Crippen LogP contribution in [0.2, 0.25) is 0 Å². The lowest BCUT2D eigenvalue weighted by Crippen LogP contribution is -2.45. The van der Waals surface area contributed by atoms with Crippen LogP contribution in [-0.2, 0) is 11.3 Å².